The Labute approximate surface area is 92.0 Å². The Morgan fingerprint density at radius 1 is 1.38 bits per heavy atom. The molecule has 4 nitrogen and oxygen atoms in total. The van der Waals surface area contributed by atoms with Crippen molar-refractivity contribution in [1.29, 1.82) is 0 Å². The van der Waals surface area contributed by atoms with Crippen LogP contribution in [-0.4, -0.2) is 26.2 Å². The summed E-state index contributed by atoms with van der Waals surface area (Å²) in [6.07, 6.45) is 0. The van der Waals surface area contributed by atoms with Crippen molar-refractivity contribution in [3.8, 4) is 0 Å². The lowest BCUT2D eigenvalue weighted by Gasteiger charge is -2.12. The summed E-state index contributed by atoms with van der Waals surface area (Å²) in [5, 5.41) is 8.67. The van der Waals surface area contributed by atoms with E-state index in [0.717, 1.165) is 18.2 Å². The Hall–Kier alpha value is -1.05. The highest BCUT2D eigenvalue weighted by atomic mass is 32.2. The van der Waals surface area contributed by atoms with Gasteiger partial charge in [0.25, 0.3) is 0 Å². The lowest BCUT2D eigenvalue weighted by molar-refractivity contribution is 0.265. The second kappa shape index (κ2) is 4.86. The molecule has 90 valence electrons. The fourth-order valence-corrected chi connectivity index (χ4v) is 2.47. The molecule has 0 aromatic heterocycles. The number of nitrogens with one attached hydrogen (secondary N) is 1. The number of hydrogen-bond donors (Lipinski definition) is 2. The zero-order valence-electron chi connectivity index (χ0n) is 8.44. The molecule has 0 saturated carbocycles. The predicted molar refractivity (Wildman–Crippen MR) is 53.2 cm³/mol. The first-order chi connectivity index (χ1) is 7.38. The van der Waals surface area contributed by atoms with Gasteiger partial charge in [-0.1, -0.05) is 6.07 Å². The summed E-state index contributed by atoms with van der Waals surface area (Å²) in [5.41, 5.74) is 0. The highest BCUT2D eigenvalue weighted by Gasteiger charge is 2.24. The van der Waals surface area contributed by atoms with Gasteiger partial charge in [0.1, 0.15) is 11.6 Å². The molecule has 0 aliphatic heterocycles. The summed E-state index contributed by atoms with van der Waals surface area (Å²) >= 11 is 0. The molecular formula is C9H11F2NO3S. The monoisotopic (exact) mass is 251 g/mol. The minimum atomic E-state index is -4.29. The van der Waals surface area contributed by atoms with Crippen LogP contribution in [0.3, 0.4) is 0 Å². The summed E-state index contributed by atoms with van der Waals surface area (Å²) in [5.74, 6) is -2.34. The van der Waals surface area contributed by atoms with E-state index in [-0.39, 0.29) is 0 Å². The Morgan fingerprint density at radius 2 is 1.88 bits per heavy atom. The van der Waals surface area contributed by atoms with Crippen LogP contribution in [0.25, 0.3) is 0 Å². The highest BCUT2D eigenvalue weighted by molar-refractivity contribution is 7.89. The van der Waals surface area contributed by atoms with Crippen molar-refractivity contribution in [2.45, 2.75) is 17.9 Å². The second-order valence-corrected chi connectivity index (χ2v) is 4.91. The molecule has 0 aliphatic rings. The first-order valence-corrected chi connectivity index (χ1v) is 5.94. The third kappa shape index (κ3) is 2.75. The predicted octanol–water partition coefficient (Wildman–Crippen LogP) is 0.624. The van der Waals surface area contributed by atoms with Gasteiger partial charge in [-0.3, -0.25) is 0 Å². The molecule has 0 radical (unpaired) electrons. The Balaban J connectivity index is 3.17. The molecule has 7 heteroatoms. The van der Waals surface area contributed by atoms with Crippen LogP contribution in [0.5, 0.6) is 0 Å². The number of sulfonamides is 1. The van der Waals surface area contributed by atoms with Gasteiger partial charge in [-0.25, -0.2) is 21.9 Å². The highest BCUT2D eigenvalue weighted by Crippen LogP contribution is 2.18. The van der Waals surface area contributed by atoms with Gasteiger partial charge < -0.3 is 5.11 Å². The van der Waals surface area contributed by atoms with Crippen LogP contribution < -0.4 is 4.72 Å². The summed E-state index contributed by atoms with van der Waals surface area (Å²) < 4.78 is 51.4. The Kier molecular flexibility index (Phi) is 3.95. The molecule has 1 aromatic carbocycles. The van der Waals surface area contributed by atoms with Crippen LogP contribution in [0.4, 0.5) is 8.78 Å². The molecule has 0 unspecified atom stereocenters. The van der Waals surface area contributed by atoms with Crippen molar-refractivity contribution in [2.24, 2.45) is 0 Å². The zero-order valence-corrected chi connectivity index (χ0v) is 9.26. The molecule has 0 fully saturated rings. The zero-order chi connectivity index (χ0) is 12.3. The average molecular weight is 251 g/mol. The van der Waals surface area contributed by atoms with Gasteiger partial charge in [0, 0.05) is 6.04 Å². The fraction of sp³-hybridized carbons (Fsp3) is 0.333. The van der Waals surface area contributed by atoms with Crippen molar-refractivity contribution >= 4 is 10.0 Å². The number of halogens is 2. The normalized spacial score (nSPS) is 13.8. The molecule has 0 heterocycles. The van der Waals surface area contributed by atoms with Crippen molar-refractivity contribution in [3.05, 3.63) is 29.8 Å². The molecule has 16 heavy (non-hydrogen) atoms. The number of rotatable bonds is 4. The van der Waals surface area contributed by atoms with Crippen LogP contribution in [-0.2, 0) is 10.0 Å². The van der Waals surface area contributed by atoms with E-state index in [1.54, 1.807) is 0 Å². The van der Waals surface area contributed by atoms with Gasteiger partial charge in [-0.15, -0.1) is 0 Å². The smallest absolute Gasteiger partial charge is 0.246 e. The van der Waals surface area contributed by atoms with E-state index >= 15 is 0 Å². The summed E-state index contributed by atoms with van der Waals surface area (Å²) in [7, 11) is -4.29. The van der Waals surface area contributed by atoms with E-state index in [2.05, 4.69) is 0 Å². The van der Waals surface area contributed by atoms with Crippen LogP contribution in [0, 0.1) is 11.6 Å². The molecule has 0 aliphatic carbocycles. The Bertz CT molecular complexity index is 455. The quantitative estimate of drug-likeness (QED) is 0.824. The Morgan fingerprint density at radius 3 is 2.31 bits per heavy atom. The summed E-state index contributed by atoms with van der Waals surface area (Å²) in [6.45, 7) is 0.908. The third-order valence-electron chi connectivity index (χ3n) is 1.82. The summed E-state index contributed by atoms with van der Waals surface area (Å²) in [6, 6.07) is 1.95. The van der Waals surface area contributed by atoms with E-state index in [0.29, 0.717) is 0 Å². The van der Waals surface area contributed by atoms with Gasteiger partial charge in [-0.05, 0) is 19.1 Å². The first-order valence-electron chi connectivity index (χ1n) is 4.45. The molecule has 0 spiro atoms. The van der Waals surface area contributed by atoms with Crippen LogP contribution in [0.1, 0.15) is 6.92 Å². The van der Waals surface area contributed by atoms with E-state index in [1.807, 2.05) is 4.72 Å². The van der Waals surface area contributed by atoms with Crippen molar-refractivity contribution in [2.75, 3.05) is 6.61 Å². The first kappa shape index (κ1) is 13.0. The molecule has 0 amide bonds. The largest absolute Gasteiger partial charge is 0.395 e. The van der Waals surface area contributed by atoms with Gasteiger partial charge in [0.2, 0.25) is 10.0 Å². The number of aliphatic hydroxyl groups excluding tert-OH is 1. The van der Waals surface area contributed by atoms with Crippen LogP contribution in [0.2, 0.25) is 0 Å². The third-order valence-corrected chi connectivity index (χ3v) is 3.46. The standard InChI is InChI=1S/C9H11F2NO3S/c1-6(5-13)12-16(14,15)9-7(10)3-2-4-8(9)11/h2-4,6,12-13H,5H2,1H3/t6-/m1/s1. The van der Waals surface area contributed by atoms with E-state index < -0.39 is 39.2 Å². The second-order valence-electron chi connectivity index (χ2n) is 3.26. The maximum atomic E-state index is 13.2. The fourth-order valence-electron chi connectivity index (χ4n) is 1.10. The van der Waals surface area contributed by atoms with Gasteiger partial charge in [0.15, 0.2) is 4.90 Å². The van der Waals surface area contributed by atoms with Crippen molar-refractivity contribution in [1.82, 2.24) is 4.72 Å². The number of benzene rings is 1. The van der Waals surface area contributed by atoms with Gasteiger partial charge in [-0.2, -0.15) is 0 Å². The minimum absolute atomic E-state index is 0.463. The molecule has 0 saturated heterocycles. The molecule has 1 aromatic rings. The maximum absolute atomic E-state index is 13.2. The summed E-state index contributed by atoms with van der Waals surface area (Å²) in [4.78, 5) is -1.03. The molecule has 1 atom stereocenters. The lowest BCUT2D eigenvalue weighted by Crippen LogP contribution is -2.35. The molecular weight excluding hydrogens is 240 g/mol. The van der Waals surface area contributed by atoms with E-state index in [4.69, 9.17) is 5.11 Å². The molecule has 0 bridgehead atoms. The number of hydrogen-bond acceptors (Lipinski definition) is 3. The number of aliphatic hydroxyl groups is 1. The van der Waals surface area contributed by atoms with Crippen molar-refractivity contribution < 1.29 is 22.3 Å². The van der Waals surface area contributed by atoms with Crippen molar-refractivity contribution in [3.63, 3.8) is 0 Å². The van der Waals surface area contributed by atoms with Gasteiger partial charge in [0.05, 0.1) is 6.61 Å². The van der Waals surface area contributed by atoms with Crippen LogP contribution in [0.15, 0.2) is 23.1 Å². The minimum Gasteiger partial charge on any atom is -0.395 e. The van der Waals surface area contributed by atoms with E-state index in [1.165, 1.54) is 6.92 Å². The van der Waals surface area contributed by atoms with Crippen LogP contribution >= 0.6 is 0 Å². The average Bonchev–Trinajstić information content (AvgIpc) is 2.16. The van der Waals surface area contributed by atoms with Gasteiger partial charge >= 0.3 is 0 Å². The maximum Gasteiger partial charge on any atom is 0.246 e. The topological polar surface area (TPSA) is 66.4 Å². The van der Waals surface area contributed by atoms with E-state index in [9.17, 15) is 17.2 Å². The lowest BCUT2D eigenvalue weighted by atomic mass is 10.3. The molecule has 1 rings (SSSR count). The SMILES string of the molecule is C[C@H](CO)NS(=O)(=O)c1c(F)cccc1F. The molecule has 2 N–H and O–H groups in total.